The summed E-state index contributed by atoms with van der Waals surface area (Å²) in [6.45, 7) is 4.86. The minimum absolute atomic E-state index is 0.233. The van der Waals surface area contributed by atoms with Crippen LogP contribution in [0.4, 0.5) is 0 Å². The zero-order valence-corrected chi connectivity index (χ0v) is 13.2. The van der Waals surface area contributed by atoms with Crippen LogP contribution in [0.2, 0.25) is 0 Å². The maximum atomic E-state index is 11.9. The molecular weight excluding hydrogens is 294 g/mol. The number of aromatic amines is 1. The van der Waals surface area contributed by atoms with Crippen molar-refractivity contribution in [1.29, 1.82) is 0 Å². The molecule has 0 aliphatic carbocycles. The first-order valence-electron chi connectivity index (χ1n) is 7.62. The van der Waals surface area contributed by atoms with Crippen LogP contribution in [0.5, 0.6) is 5.75 Å². The van der Waals surface area contributed by atoms with Gasteiger partial charge in [-0.1, -0.05) is 11.2 Å². The molecule has 0 atom stereocenters. The van der Waals surface area contributed by atoms with E-state index in [9.17, 15) is 4.79 Å². The second-order valence-corrected chi connectivity index (χ2v) is 5.26. The van der Waals surface area contributed by atoms with Gasteiger partial charge in [0.05, 0.1) is 12.3 Å². The number of rotatable bonds is 6. The van der Waals surface area contributed by atoms with Gasteiger partial charge < -0.3 is 19.6 Å². The van der Waals surface area contributed by atoms with Gasteiger partial charge in [0.15, 0.2) is 0 Å². The first-order chi connectivity index (χ1) is 11.2. The monoisotopic (exact) mass is 313 g/mol. The van der Waals surface area contributed by atoms with Gasteiger partial charge in [0.25, 0.3) is 5.91 Å². The highest BCUT2D eigenvalue weighted by atomic mass is 16.5. The molecule has 120 valence electrons. The van der Waals surface area contributed by atoms with E-state index in [-0.39, 0.29) is 11.7 Å². The third kappa shape index (κ3) is 3.21. The molecule has 0 bridgehead atoms. The largest absolute Gasteiger partial charge is 0.493 e. The van der Waals surface area contributed by atoms with Crippen molar-refractivity contribution in [3.8, 4) is 5.75 Å². The third-order valence-electron chi connectivity index (χ3n) is 3.58. The number of aryl methyl sites for hydroxylation is 1. The summed E-state index contributed by atoms with van der Waals surface area (Å²) in [5, 5.41) is 7.62. The number of hydrogen-bond acceptors (Lipinski definition) is 4. The summed E-state index contributed by atoms with van der Waals surface area (Å²) in [7, 11) is 0. The first-order valence-corrected chi connectivity index (χ1v) is 7.62. The molecule has 0 unspecified atom stereocenters. The van der Waals surface area contributed by atoms with Crippen LogP contribution in [-0.4, -0.2) is 29.2 Å². The number of amides is 1. The fourth-order valence-electron chi connectivity index (χ4n) is 2.56. The molecule has 3 rings (SSSR count). The van der Waals surface area contributed by atoms with E-state index in [1.54, 1.807) is 13.0 Å². The minimum Gasteiger partial charge on any atom is -0.493 e. The van der Waals surface area contributed by atoms with Crippen molar-refractivity contribution in [3.63, 3.8) is 0 Å². The molecule has 2 heterocycles. The minimum atomic E-state index is -0.254. The zero-order chi connectivity index (χ0) is 16.2. The van der Waals surface area contributed by atoms with Gasteiger partial charge in [-0.2, -0.15) is 0 Å². The molecule has 23 heavy (non-hydrogen) atoms. The van der Waals surface area contributed by atoms with Crippen LogP contribution >= 0.6 is 0 Å². The quantitative estimate of drug-likeness (QED) is 0.733. The molecule has 1 amide bonds. The number of carbonyl (C=O) groups is 1. The zero-order valence-electron chi connectivity index (χ0n) is 13.2. The number of H-pyrrole nitrogens is 1. The van der Waals surface area contributed by atoms with Gasteiger partial charge in [0, 0.05) is 29.7 Å². The van der Waals surface area contributed by atoms with E-state index in [4.69, 9.17) is 9.26 Å². The second-order valence-electron chi connectivity index (χ2n) is 5.26. The van der Waals surface area contributed by atoms with E-state index in [0.717, 1.165) is 22.2 Å². The lowest BCUT2D eigenvalue weighted by molar-refractivity contribution is 0.0917. The van der Waals surface area contributed by atoms with Crippen LogP contribution in [0.3, 0.4) is 0 Å². The average molecular weight is 313 g/mol. The van der Waals surface area contributed by atoms with Crippen molar-refractivity contribution in [2.24, 2.45) is 0 Å². The van der Waals surface area contributed by atoms with Crippen molar-refractivity contribution in [2.75, 3.05) is 13.2 Å². The van der Waals surface area contributed by atoms with Gasteiger partial charge >= 0.3 is 0 Å². The number of nitrogens with zero attached hydrogens (tertiary/aromatic N) is 1. The molecule has 2 aromatic heterocycles. The predicted molar refractivity (Wildman–Crippen MR) is 86.7 cm³/mol. The highest BCUT2D eigenvalue weighted by Crippen LogP contribution is 2.29. The third-order valence-corrected chi connectivity index (χ3v) is 3.58. The molecule has 6 heteroatoms. The molecule has 0 aliphatic rings. The van der Waals surface area contributed by atoms with Gasteiger partial charge in [-0.25, -0.2) is 0 Å². The number of aromatic nitrogens is 2. The molecule has 0 radical (unpaired) electrons. The summed E-state index contributed by atoms with van der Waals surface area (Å²) in [5.74, 6) is 0.838. The highest BCUT2D eigenvalue weighted by Gasteiger charge is 2.12. The normalized spacial score (nSPS) is 10.9. The molecule has 6 nitrogen and oxygen atoms in total. The number of benzene rings is 1. The number of carbonyl (C=O) groups excluding carboxylic acids is 1. The van der Waals surface area contributed by atoms with Crippen LogP contribution in [0.15, 0.2) is 35.0 Å². The summed E-state index contributed by atoms with van der Waals surface area (Å²) in [4.78, 5) is 15.2. The van der Waals surface area contributed by atoms with Crippen LogP contribution in [-0.2, 0) is 6.42 Å². The van der Waals surface area contributed by atoms with Crippen molar-refractivity contribution in [2.45, 2.75) is 20.3 Å². The molecule has 0 saturated heterocycles. The van der Waals surface area contributed by atoms with Crippen LogP contribution in [0.1, 0.15) is 28.7 Å². The SMILES string of the molecule is CCOc1cccc2[nH]cc(CCNC(=O)c3cc(C)no3)c12. The molecule has 1 aromatic carbocycles. The fraction of sp³-hybridized carbons (Fsp3) is 0.294. The number of ether oxygens (including phenoxy) is 1. The predicted octanol–water partition coefficient (Wildman–Crippen LogP) is 2.84. The van der Waals surface area contributed by atoms with Crippen LogP contribution in [0.25, 0.3) is 10.9 Å². The van der Waals surface area contributed by atoms with Crippen molar-refractivity contribution in [1.82, 2.24) is 15.5 Å². The van der Waals surface area contributed by atoms with Crippen molar-refractivity contribution in [3.05, 3.63) is 47.5 Å². The summed E-state index contributed by atoms with van der Waals surface area (Å²) in [6.07, 6.45) is 2.65. The standard InChI is InChI=1S/C17H19N3O3/c1-3-22-14-6-4-5-13-16(14)12(10-19-13)7-8-18-17(21)15-9-11(2)20-23-15/h4-6,9-10,19H,3,7-8H2,1-2H3,(H,18,21). The molecule has 0 saturated carbocycles. The Kier molecular flexibility index (Phi) is 4.32. The molecule has 2 N–H and O–H groups in total. The van der Waals surface area contributed by atoms with Crippen molar-refractivity contribution >= 4 is 16.8 Å². The number of nitrogens with one attached hydrogen (secondary N) is 2. The lowest BCUT2D eigenvalue weighted by atomic mass is 10.1. The van der Waals surface area contributed by atoms with Crippen LogP contribution < -0.4 is 10.1 Å². The summed E-state index contributed by atoms with van der Waals surface area (Å²) >= 11 is 0. The summed E-state index contributed by atoms with van der Waals surface area (Å²) in [5.41, 5.74) is 2.83. The van der Waals surface area contributed by atoms with Gasteiger partial charge in [-0.05, 0) is 38.0 Å². The number of hydrogen-bond donors (Lipinski definition) is 2. The van der Waals surface area contributed by atoms with Crippen LogP contribution in [0, 0.1) is 6.92 Å². The molecule has 0 spiro atoms. The van der Waals surface area contributed by atoms with Gasteiger partial charge in [-0.3, -0.25) is 4.79 Å². The van der Waals surface area contributed by atoms with Gasteiger partial charge in [-0.15, -0.1) is 0 Å². The van der Waals surface area contributed by atoms with E-state index < -0.39 is 0 Å². The number of fused-ring (bicyclic) bond motifs is 1. The summed E-state index contributed by atoms with van der Waals surface area (Å²) in [6, 6.07) is 7.55. The Morgan fingerprint density at radius 1 is 1.43 bits per heavy atom. The Balaban J connectivity index is 1.68. The van der Waals surface area contributed by atoms with E-state index in [0.29, 0.717) is 25.3 Å². The Morgan fingerprint density at radius 2 is 2.30 bits per heavy atom. The first kappa shape index (κ1) is 15.1. The molecular formula is C17H19N3O3. The van der Waals surface area contributed by atoms with E-state index in [2.05, 4.69) is 15.5 Å². The molecule has 0 aliphatic heterocycles. The molecule has 0 fully saturated rings. The van der Waals surface area contributed by atoms with E-state index >= 15 is 0 Å². The lowest BCUT2D eigenvalue weighted by Gasteiger charge is -2.07. The average Bonchev–Trinajstić information content (AvgIpc) is 3.15. The molecule has 3 aromatic rings. The maximum absolute atomic E-state index is 11.9. The van der Waals surface area contributed by atoms with Gasteiger partial charge in [0.2, 0.25) is 5.76 Å². The Hall–Kier alpha value is -2.76. The Labute approximate surface area is 133 Å². The Bertz CT molecular complexity index is 819. The highest BCUT2D eigenvalue weighted by molar-refractivity contribution is 5.91. The van der Waals surface area contributed by atoms with E-state index in [1.165, 1.54) is 0 Å². The van der Waals surface area contributed by atoms with Gasteiger partial charge in [0.1, 0.15) is 5.75 Å². The topological polar surface area (TPSA) is 80.1 Å². The maximum Gasteiger partial charge on any atom is 0.289 e. The van der Waals surface area contributed by atoms with Crippen molar-refractivity contribution < 1.29 is 14.1 Å². The van der Waals surface area contributed by atoms with E-state index in [1.807, 2.05) is 31.3 Å². The smallest absolute Gasteiger partial charge is 0.289 e. The fourth-order valence-corrected chi connectivity index (χ4v) is 2.56. The Morgan fingerprint density at radius 3 is 3.04 bits per heavy atom. The summed E-state index contributed by atoms with van der Waals surface area (Å²) < 4.78 is 10.6. The lowest BCUT2D eigenvalue weighted by Crippen LogP contribution is -2.25. The second kappa shape index (κ2) is 6.56.